The molecule has 1 atom stereocenters. The second kappa shape index (κ2) is 7.39. The molecule has 0 amide bonds. The molecule has 1 heterocycles. The van der Waals surface area contributed by atoms with Gasteiger partial charge in [0.15, 0.2) is 0 Å². The van der Waals surface area contributed by atoms with Crippen molar-refractivity contribution in [3.63, 3.8) is 0 Å². The number of aldehydes is 1. The lowest BCUT2D eigenvalue weighted by Crippen LogP contribution is -2.06. The minimum Gasteiger partial charge on any atom is -0.496 e. The number of methoxy groups -OCH3 is 1. The van der Waals surface area contributed by atoms with Crippen LogP contribution in [0, 0.1) is 0 Å². The summed E-state index contributed by atoms with van der Waals surface area (Å²) < 4.78 is 5.46. The smallest absolute Gasteiger partial charge is 0.132 e. The van der Waals surface area contributed by atoms with Crippen molar-refractivity contribution in [1.29, 1.82) is 0 Å². The molecule has 1 unspecified atom stereocenters. The van der Waals surface area contributed by atoms with Gasteiger partial charge in [-0.1, -0.05) is 35.3 Å². The van der Waals surface area contributed by atoms with Crippen molar-refractivity contribution in [2.75, 3.05) is 7.11 Å². The third-order valence-electron chi connectivity index (χ3n) is 3.82. The molecular formula is C19H14Cl2O2S. The van der Waals surface area contributed by atoms with E-state index in [1.807, 2.05) is 35.7 Å². The number of carbonyl (C=O) groups is 1. The topological polar surface area (TPSA) is 26.3 Å². The van der Waals surface area contributed by atoms with Crippen LogP contribution in [0.2, 0.25) is 10.0 Å². The quantitative estimate of drug-likeness (QED) is 0.505. The molecule has 2 nitrogen and oxygen atoms in total. The summed E-state index contributed by atoms with van der Waals surface area (Å²) >= 11 is 14.2. The number of benzene rings is 2. The van der Waals surface area contributed by atoms with Gasteiger partial charge >= 0.3 is 0 Å². The Hall–Kier alpha value is -1.81. The van der Waals surface area contributed by atoms with E-state index in [1.54, 1.807) is 36.6 Å². The minimum atomic E-state index is -0.596. The number of carbonyl (C=O) groups excluding carboxylic acids is 1. The largest absolute Gasteiger partial charge is 0.496 e. The third-order valence-corrected chi connectivity index (χ3v) is 5.40. The van der Waals surface area contributed by atoms with E-state index < -0.39 is 5.92 Å². The lowest BCUT2D eigenvalue weighted by molar-refractivity contribution is -0.108. The average Bonchev–Trinajstić information content (AvgIpc) is 3.12. The molecule has 0 aliphatic rings. The Morgan fingerprint density at radius 3 is 2.42 bits per heavy atom. The Labute approximate surface area is 154 Å². The summed E-state index contributed by atoms with van der Waals surface area (Å²) in [6.45, 7) is 0. The summed E-state index contributed by atoms with van der Waals surface area (Å²) in [7, 11) is 1.58. The van der Waals surface area contributed by atoms with Crippen molar-refractivity contribution in [1.82, 2.24) is 0 Å². The van der Waals surface area contributed by atoms with Crippen LogP contribution in [0.1, 0.15) is 17.0 Å². The first-order chi connectivity index (χ1) is 11.7. The molecule has 122 valence electrons. The van der Waals surface area contributed by atoms with Crippen molar-refractivity contribution in [3.8, 4) is 16.2 Å². The van der Waals surface area contributed by atoms with Crippen LogP contribution in [0.4, 0.5) is 0 Å². The molecule has 0 aliphatic carbocycles. The van der Waals surface area contributed by atoms with Gasteiger partial charge < -0.3 is 9.53 Å². The summed E-state index contributed by atoms with van der Waals surface area (Å²) in [5, 5.41) is 2.94. The highest BCUT2D eigenvalue weighted by Gasteiger charge is 2.23. The summed E-state index contributed by atoms with van der Waals surface area (Å²) in [5.74, 6) is 0.0319. The van der Waals surface area contributed by atoms with E-state index in [2.05, 4.69) is 0 Å². The van der Waals surface area contributed by atoms with Crippen LogP contribution in [-0.4, -0.2) is 13.4 Å². The van der Waals surface area contributed by atoms with Crippen LogP contribution in [0.5, 0.6) is 5.75 Å². The molecule has 24 heavy (non-hydrogen) atoms. The number of hydrogen-bond acceptors (Lipinski definition) is 3. The molecule has 0 bridgehead atoms. The highest BCUT2D eigenvalue weighted by atomic mass is 35.5. The van der Waals surface area contributed by atoms with Gasteiger partial charge in [0.2, 0.25) is 0 Å². The molecule has 0 radical (unpaired) electrons. The van der Waals surface area contributed by atoms with Gasteiger partial charge in [0.1, 0.15) is 12.0 Å². The molecule has 3 aromatic rings. The fourth-order valence-corrected chi connectivity index (χ4v) is 4.03. The molecule has 2 aromatic carbocycles. The normalized spacial score (nSPS) is 12.0. The van der Waals surface area contributed by atoms with E-state index in [-0.39, 0.29) is 0 Å². The van der Waals surface area contributed by atoms with Crippen LogP contribution < -0.4 is 4.74 Å². The van der Waals surface area contributed by atoms with Gasteiger partial charge in [0, 0.05) is 26.0 Å². The van der Waals surface area contributed by atoms with Crippen LogP contribution in [0.15, 0.2) is 53.9 Å². The van der Waals surface area contributed by atoms with Crippen LogP contribution >= 0.6 is 34.5 Å². The van der Waals surface area contributed by atoms with Gasteiger partial charge in [0.25, 0.3) is 0 Å². The second-order valence-corrected chi connectivity index (χ2v) is 6.95. The molecule has 0 N–H and O–H groups in total. The number of hydrogen-bond donors (Lipinski definition) is 0. The van der Waals surface area contributed by atoms with Crippen molar-refractivity contribution >= 4 is 40.8 Å². The van der Waals surface area contributed by atoms with Crippen LogP contribution in [-0.2, 0) is 4.79 Å². The van der Waals surface area contributed by atoms with Gasteiger partial charge in [-0.15, -0.1) is 11.3 Å². The number of ether oxygens (including phenoxy) is 1. The highest BCUT2D eigenvalue weighted by molar-refractivity contribution is 7.13. The van der Waals surface area contributed by atoms with E-state index in [1.165, 1.54) is 0 Å². The first-order valence-corrected chi connectivity index (χ1v) is 8.90. The van der Waals surface area contributed by atoms with E-state index >= 15 is 0 Å². The molecule has 0 saturated carbocycles. The van der Waals surface area contributed by atoms with Gasteiger partial charge in [-0.3, -0.25) is 0 Å². The van der Waals surface area contributed by atoms with Crippen molar-refractivity contribution in [2.45, 2.75) is 5.92 Å². The molecule has 3 rings (SSSR count). The number of thiophene rings is 1. The highest BCUT2D eigenvalue weighted by Crippen LogP contribution is 2.40. The maximum absolute atomic E-state index is 11.9. The van der Waals surface area contributed by atoms with E-state index in [0.717, 1.165) is 22.3 Å². The van der Waals surface area contributed by atoms with Crippen LogP contribution in [0.3, 0.4) is 0 Å². The molecule has 0 fully saturated rings. The Morgan fingerprint density at radius 2 is 1.83 bits per heavy atom. The van der Waals surface area contributed by atoms with Gasteiger partial charge in [-0.2, -0.15) is 0 Å². The van der Waals surface area contributed by atoms with E-state index in [9.17, 15) is 4.79 Å². The zero-order chi connectivity index (χ0) is 17.1. The maximum atomic E-state index is 11.9. The molecule has 0 spiro atoms. The standard InChI is InChI=1S/C19H14Cl2O2S/c1-23-17-8-7-12(18-6-3-9-24-18)10-13(17)14(11-22)19-15(20)4-2-5-16(19)21/h2-11,14H,1H3. The monoisotopic (exact) mass is 376 g/mol. The number of rotatable bonds is 5. The van der Waals surface area contributed by atoms with Crippen molar-refractivity contribution in [3.05, 3.63) is 75.1 Å². The average molecular weight is 377 g/mol. The zero-order valence-corrected chi connectivity index (χ0v) is 15.2. The third kappa shape index (κ3) is 3.20. The van der Waals surface area contributed by atoms with E-state index in [4.69, 9.17) is 27.9 Å². The summed E-state index contributed by atoms with van der Waals surface area (Å²) in [5.41, 5.74) is 2.36. The second-order valence-electron chi connectivity index (χ2n) is 5.18. The first-order valence-electron chi connectivity index (χ1n) is 7.26. The summed E-state index contributed by atoms with van der Waals surface area (Å²) in [6.07, 6.45) is 0.850. The lowest BCUT2D eigenvalue weighted by atomic mass is 9.90. The van der Waals surface area contributed by atoms with Gasteiger partial charge in [-0.05, 0) is 47.3 Å². The predicted octanol–water partition coefficient (Wildman–Crippen LogP) is 6.06. The fourth-order valence-electron chi connectivity index (χ4n) is 2.68. The SMILES string of the molecule is COc1ccc(-c2cccs2)cc1C(C=O)c1c(Cl)cccc1Cl. The Balaban J connectivity index is 2.18. The fraction of sp³-hybridized carbons (Fsp3) is 0.105. The van der Waals surface area contributed by atoms with E-state index in [0.29, 0.717) is 21.4 Å². The Morgan fingerprint density at radius 1 is 1.08 bits per heavy atom. The predicted molar refractivity (Wildman–Crippen MR) is 101 cm³/mol. The van der Waals surface area contributed by atoms with Gasteiger partial charge in [0.05, 0.1) is 13.0 Å². The van der Waals surface area contributed by atoms with Crippen LogP contribution in [0.25, 0.3) is 10.4 Å². The number of halogens is 2. The molecule has 0 aliphatic heterocycles. The first kappa shape index (κ1) is 17.0. The molecular weight excluding hydrogens is 363 g/mol. The van der Waals surface area contributed by atoms with Crippen molar-refractivity contribution in [2.24, 2.45) is 0 Å². The van der Waals surface area contributed by atoms with Crippen molar-refractivity contribution < 1.29 is 9.53 Å². The Kier molecular flexibility index (Phi) is 5.24. The Bertz CT molecular complexity index is 840. The molecule has 0 saturated heterocycles. The zero-order valence-electron chi connectivity index (χ0n) is 12.8. The minimum absolute atomic E-state index is 0.461. The lowest BCUT2D eigenvalue weighted by Gasteiger charge is -2.18. The van der Waals surface area contributed by atoms with Gasteiger partial charge in [-0.25, -0.2) is 0 Å². The summed E-state index contributed by atoms with van der Waals surface area (Å²) in [6, 6.07) is 15.1. The maximum Gasteiger partial charge on any atom is 0.132 e. The molecule has 1 aromatic heterocycles. The molecule has 5 heteroatoms. The summed E-state index contributed by atoms with van der Waals surface area (Å²) in [4.78, 5) is 13.0.